The molecular formula is C19H23N5O5. The van der Waals surface area contributed by atoms with E-state index in [1.165, 1.54) is 12.1 Å². The second-order valence-corrected chi connectivity index (χ2v) is 7.32. The molecule has 0 radical (unpaired) electrons. The number of benzene rings is 1. The molecule has 0 amide bonds. The molecule has 0 aliphatic carbocycles. The van der Waals surface area contributed by atoms with E-state index >= 15 is 0 Å². The van der Waals surface area contributed by atoms with Gasteiger partial charge in [-0.2, -0.15) is 0 Å². The normalized spacial score (nSPS) is 21.2. The highest BCUT2D eigenvalue weighted by Gasteiger charge is 2.40. The van der Waals surface area contributed by atoms with Crippen LogP contribution in [-0.2, 0) is 21.7 Å². The molecule has 1 unspecified atom stereocenters. The topological polar surface area (TPSA) is 137 Å². The lowest BCUT2D eigenvalue weighted by atomic mass is 9.96. The fraction of sp³-hybridized carbons (Fsp3) is 0.474. The number of nitrogen functional groups attached to an aromatic ring is 1. The van der Waals surface area contributed by atoms with Gasteiger partial charge < -0.3 is 25.2 Å². The number of hydrogen-bond acceptors (Lipinski definition) is 9. The maximum atomic E-state index is 11.3. The molecule has 4 rings (SSSR count). The van der Waals surface area contributed by atoms with E-state index in [1.54, 1.807) is 6.07 Å². The zero-order valence-electron chi connectivity index (χ0n) is 16.1. The highest BCUT2D eigenvalue weighted by molar-refractivity contribution is 5.70. The average molecular weight is 401 g/mol. The maximum Gasteiger partial charge on any atom is 0.292 e. The Balaban J connectivity index is 1.87. The predicted octanol–water partition coefficient (Wildman–Crippen LogP) is 1.60. The van der Waals surface area contributed by atoms with Gasteiger partial charge in [0.05, 0.1) is 30.4 Å². The predicted molar refractivity (Wildman–Crippen MR) is 105 cm³/mol. The minimum atomic E-state index is -0.747. The van der Waals surface area contributed by atoms with Gasteiger partial charge in [0, 0.05) is 43.3 Å². The Morgan fingerprint density at radius 2 is 2.10 bits per heavy atom. The fourth-order valence-corrected chi connectivity index (χ4v) is 3.75. The Morgan fingerprint density at radius 1 is 1.34 bits per heavy atom. The van der Waals surface area contributed by atoms with Gasteiger partial charge in [0.2, 0.25) is 0 Å². The van der Waals surface area contributed by atoms with Crippen LogP contribution in [0.1, 0.15) is 24.6 Å². The van der Waals surface area contributed by atoms with Gasteiger partial charge in [-0.25, -0.2) is 9.97 Å². The first-order valence-corrected chi connectivity index (χ1v) is 9.46. The molecule has 10 nitrogen and oxygen atoms in total. The van der Waals surface area contributed by atoms with Gasteiger partial charge in [0.25, 0.3) is 5.69 Å². The summed E-state index contributed by atoms with van der Waals surface area (Å²) in [6.45, 7) is 4.74. The number of fused-ring (bicyclic) bond motifs is 1. The Labute approximate surface area is 167 Å². The van der Waals surface area contributed by atoms with Crippen molar-refractivity contribution in [2.24, 2.45) is 0 Å². The van der Waals surface area contributed by atoms with Crippen molar-refractivity contribution in [3.63, 3.8) is 0 Å². The second-order valence-electron chi connectivity index (χ2n) is 7.32. The summed E-state index contributed by atoms with van der Waals surface area (Å²) in [6.07, 6.45) is 0.390. The molecule has 2 aliphatic heterocycles. The number of nitrogens with two attached hydrogens (primary N) is 1. The van der Waals surface area contributed by atoms with Gasteiger partial charge in [-0.3, -0.25) is 10.1 Å². The van der Waals surface area contributed by atoms with E-state index in [9.17, 15) is 15.2 Å². The number of aliphatic hydroxyl groups is 1. The standard InChI is InChI=1S/C19H23N5O5/c1-19(4-7-25)16-13(11-29-19)18(23-5-8-28-9-6-23)22-17(21-16)12-2-3-14(20)15(10-12)24(26)27/h2-3,10,25H,4-9,11,20H2,1H3. The molecule has 3 heterocycles. The Hall–Kier alpha value is -2.82. The van der Waals surface area contributed by atoms with Crippen molar-refractivity contribution >= 4 is 17.2 Å². The Morgan fingerprint density at radius 3 is 2.79 bits per heavy atom. The third kappa shape index (κ3) is 3.50. The van der Waals surface area contributed by atoms with E-state index < -0.39 is 10.5 Å². The highest BCUT2D eigenvalue weighted by Crippen LogP contribution is 2.42. The zero-order chi connectivity index (χ0) is 20.6. The van der Waals surface area contributed by atoms with Gasteiger partial charge in [0.15, 0.2) is 5.82 Å². The van der Waals surface area contributed by atoms with E-state index in [-0.39, 0.29) is 18.0 Å². The largest absolute Gasteiger partial charge is 0.396 e. The highest BCUT2D eigenvalue weighted by atomic mass is 16.6. The lowest BCUT2D eigenvalue weighted by Gasteiger charge is -2.30. The molecule has 1 fully saturated rings. The summed E-state index contributed by atoms with van der Waals surface area (Å²) >= 11 is 0. The summed E-state index contributed by atoms with van der Waals surface area (Å²) in [6, 6.07) is 4.55. The lowest BCUT2D eigenvalue weighted by molar-refractivity contribution is -0.383. The Bertz CT molecular complexity index is 947. The molecule has 2 aromatic rings. The SMILES string of the molecule is CC1(CCO)OCc2c(N3CCOCC3)nc(-c3ccc(N)c([N+](=O)[O-])c3)nc21. The quantitative estimate of drug-likeness (QED) is 0.435. The first kappa shape index (κ1) is 19.5. The number of nitro benzene ring substituents is 1. The van der Waals surface area contributed by atoms with Crippen LogP contribution in [0, 0.1) is 10.1 Å². The number of ether oxygens (including phenoxy) is 2. The summed E-state index contributed by atoms with van der Waals surface area (Å²) in [5, 5.41) is 20.8. The monoisotopic (exact) mass is 401 g/mol. The van der Waals surface area contributed by atoms with Crippen LogP contribution in [0.3, 0.4) is 0 Å². The van der Waals surface area contributed by atoms with Gasteiger partial charge in [-0.05, 0) is 19.1 Å². The summed E-state index contributed by atoms with van der Waals surface area (Å²) in [5.41, 5.74) is 6.98. The summed E-state index contributed by atoms with van der Waals surface area (Å²) in [5.74, 6) is 1.11. The van der Waals surface area contributed by atoms with Crippen LogP contribution in [0.15, 0.2) is 18.2 Å². The average Bonchev–Trinajstić information content (AvgIpc) is 3.05. The minimum Gasteiger partial charge on any atom is -0.396 e. The smallest absolute Gasteiger partial charge is 0.292 e. The number of nitrogens with zero attached hydrogens (tertiary/aromatic N) is 4. The van der Waals surface area contributed by atoms with Crippen LogP contribution in [0.4, 0.5) is 17.2 Å². The molecule has 3 N–H and O–H groups in total. The van der Waals surface area contributed by atoms with Crippen molar-refractivity contribution in [2.75, 3.05) is 43.5 Å². The van der Waals surface area contributed by atoms with E-state index in [0.29, 0.717) is 56.4 Å². The summed E-state index contributed by atoms with van der Waals surface area (Å²) in [4.78, 5) is 22.4. The molecule has 154 valence electrons. The van der Waals surface area contributed by atoms with E-state index in [2.05, 4.69) is 4.90 Å². The van der Waals surface area contributed by atoms with Crippen molar-refractivity contribution in [3.8, 4) is 11.4 Å². The molecule has 1 saturated heterocycles. The maximum absolute atomic E-state index is 11.3. The van der Waals surface area contributed by atoms with E-state index in [1.807, 2.05) is 6.92 Å². The molecule has 0 spiro atoms. The lowest BCUT2D eigenvalue weighted by Crippen LogP contribution is -2.37. The Kier molecular flexibility index (Phi) is 5.07. The van der Waals surface area contributed by atoms with Gasteiger partial charge >= 0.3 is 0 Å². The van der Waals surface area contributed by atoms with E-state index in [0.717, 1.165) is 11.4 Å². The number of nitro groups is 1. The molecule has 1 atom stereocenters. The van der Waals surface area contributed by atoms with Crippen LogP contribution in [0.25, 0.3) is 11.4 Å². The minimum absolute atomic E-state index is 0.0461. The first-order chi connectivity index (χ1) is 13.9. The van der Waals surface area contributed by atoms with Crippen molar-refractivity contribution in [1.82, 2.24) is 9.97 Å². The van der Waals surface area contributed by atoms with Crippen molar-refractivity contribution in [2.45, 2.75) is 25.6 Å². The molecule has 29 heavy (non-hydrogen) atoms. The number of aromatic nitrogens is 2. The molecule has 1 aromatic heterocycles. The molecule has 0 bridgehead atoms. The van der Waals surface area contributed by atoms with Crippen LogP contribution in [0.2, 0.25) is 0 Å². The third-order valence-corrected chi connectivity index (χ3v) is 5.41. The first-order valence-electron chi connectivity index (χ1n) is 9.46. The number of hydrogen-bond donors (Lipinski definition) is 2. The van der Waals surface area contributed by atoms with Crippen LogP contribution >= 0.6 is 0 Å². The van der Waals surface area contributed by atoms with Gasteiger partial charge in [-0.1, -0.05) is 0 Å². The number of morpholine rings is 1. The van der Waals surface area contributed by atoms with Crippen molar-refractivity contribution in [1.29, 1.82) is 0 Å². The molecule has 10 heteroatoms. The molecular weight excluding hydrogens is 378 g/mol. The third-order valence-electron chi connectivity index (χ3n) is 5.41. The van der Waals surface area contributed by atoms with E-state index in [4.69, 9.17) is 25.2 Å². The van der Waals surface area contributed by atoms with Crippen LogP contribution < -0.4 is 10.6 Å². The van der Waals surface area contributed by atoms with Gasteiger partial charge in [-0.15, -0.1) is 0 Å². The molecule has 2 aliphatic rings. The van der Waals surface area contributed by atoms with Gasteiger partial charge in [0.1, 0.15) is 17.1 Å². The van der Waals surface area contributed by atoms with Crippen LogP contribution in [-0.4, -0.2) is 52.9 Å². The number of rotatable bonds is 5. The molecule has 0 saturated carbocycles. The summed E-state index contributed by atoms with van der Waals surface area (Å²) in [7, 11) is 0. The fourth-order valence-electron chi connectivity index (χ4n) is 3.75. The van der Waals surface area contributed by atoms with Crippen molar-refractivity contribution < 1.29 is 19.5 Å². The summed E-state index contributed by atoms with van der Waals surface area (Å²) < 4.78 is 11.5. The zero-order valence-corrected chi connectivity index (χ0v) is 16.1. The van der Waals surface area contributed by atoms with Crippen LogP contribution in [0.5, 0.6) is 0 Å². The molecule has 1 aromatic carbocycles. The number of anilines is 2. The van der Waals surface area contributed by atoms with Crippen molar-refractivity contribution in [3.05, 3.63) is 39.6 Å². The second kappa shape index (κ2) is 7.54. The number of aliphatic hydroxyl groups excluding tert-OH is 1.